The minimum atomic E-state index is 0.975. The lowest BCUT2D eigenvalue weighted by molar-refractivity contribution is 0.412. The number of nitrogens with one attached hydrogen (secondary N) is 1. The molecule has 0 radical (unpaired) electrons. The Hall–Kier alpha value is -0.150. The zero-order chi connectivity index (χ0) is 12.9. The zero-order valence-corrected chi connectivity index (χ0v) is 12.7. The SMILES string of the molecule is CCCCCCCCCC(=S)NCCN(C)C. The molecule has 0 unspecified atom stereocenters. The highest BCUT2D eigenvalue weighted by Crippen LogP contribution is 2.08. The Labute approximate surface area is 113 Å². The minimum Gasteiger partial charge on any atom is -0.378 e. The van der Waals surface area contributed by atoms with Crippen molar-refractivity contribution in [2.24, 2.45) is 0 Å². The summed E-state index contributed by atoms with van der Waals surface area (Å²) in [4.78, 5) is 3.21. The fourth-order valence-corrected chi connectivity index (χ4v) is 2.00. The van der Waals surface area contributed by atoms with Gasteiger partial charge < -0.3 is 10.2 Å². The number of thiocarbonyl (C=S) groups is 1. The Morgan fingerprint density at radius 3 is 2.18 bits per heavy atom. The molecule has 0 aliphatic heterocycles. The molecule has 0 spiro atoms. The molecule has 0 bridgehead atoms. The standard InChI is InChI=1S/C14H30N2S/c1-4-5-6-7-8-9-10-11-14(17)15-12-13-16(2)3/h4-13H2,1-3H3,(H,15,17). The second-order valence-corrected chi connectivity index (χ2v) is 5.52. The third-order valence-corrected chi connectivity index (χ3v) is 3.24. The van der Waals surface area contributed by atoms with Crippen molar-refractivity contribution < 1.29 is 0 Å². The van der Waals surface area contributed by atoms with Crippen LogP contribution in [0.4, 0.5) is 0 Å². The number of likely N-dealkylation sites (N-methyl/N-ethyl adjacent to an activating group) is 1. The van der Waals surface area contributed by atoms with Gasteiger partial charge in [0.25, 0.3) is 0 Å². The Bertz CT molecular complexity index is 181. The van der Waals surface area contributed by atoms with Crippen molar-refractivity contribution >= 4 is 17.2 Å². The van der Waals surface area contributed by atoms with E-state index in [2.05, 4.69) is 31.2 Å². The highest BCUT2D eigenvalue weighted by atomic mass is 32.1. The molecule has 0 saturated heterocycles. The molecular weight excluding hydrogens is 228 g/mol. The molecule has 0 saturated carbocycles. The molecule has 0 amide bonds. The maximum Gasteiger partial charge on any atom is 0.0753 e. The van der Waals surface area contributed by atoms with E-state index in [9.17, 15) is 0 Å². The lowest BCUT2D eigenvalue weighted by Crippen LogP contribution is -2.30. The van der Waals surface area contributed by atoms with Crippen molar-refractivity contribution in [2.75, 3.05) is 27.2 Å². The van der Waals surface area contributed by atoms with Crippen molar-refractivity contribution in [3.05, 3.63) is 0 Å². The molecule has 0 fully saturated rings. The minimum absolute atomic E-state index is 0.975. The third kappa shape index (κ3) is 13.8. The van der Waals surface area contributed by atoms with E-state index in [0.29, 0.717) is 0 Å². The predicted octanol–water partition coefficient (Wildman–Crippen LogP) is 3.61. The van der Waals surface area contributed by atoms with Crippen LogP contribution in [0.25, 0.3) is 0 Å². The number of rotatable bonds is 11. The second-order valence-electron chi connectivity index (χ2n) is 5.02. The molecular formula is C14H30N2S. The highest BCUT2D eigenvalue weighted by molar-refractivity contribution is 7.80. The summed E-state index contributed by atoms with van der Waals surface area (Å²) in [5.74, 6) is 0. The fourth-order valence-electron chi connectivity index (χ4n) is 1.75. The Kier molecular flexibility index (Phi) is 12.2. The van der Waals surface area contributed by atoms with Gasteiger partial charge in [-0.25, -0.2) is 0 Å². The molecule has 0 aromatic carbocycles. The van der Waals surface area contributed by atoms with E-state index in [1.165, 1.54) is 44.9 Å². The first-order valence-corrected chi connectivity index (χ1v) is 7.49. The van der Waals surface area contributed by atoms with Crippen LogP contribution in [0.5, 0.6) is 0 Å². The van der Waals surface area contributed by atoms with E-state index in [1.54, 1.807) is 0 Å². The molecule has 1 N–H and O–H groups in total. The van der Waals surface area contributed by atoms with Crippen molar-refractivity contribution in [1.29, 1.82) is 0 Å². The van der Waals surface area contributed by atoms with Gasteiger partial charge in [0, 0.05) is 13.1 Å². The van der Waals surface area contributed by atoms with Gasteiger partial charge in [-0.2, -0.15) is 0 Å². The Balaban J connectivity index is 3.16. The lowest BCUT2D eigenvalue weighted by atomic mass is 10.1. The number of nitrogens with zero attached hydrogens (tertiary/aromatic N) is 1. The molecule has 2 nitrogen and oxygen atoms in total. The van der Waals surface area contributed by atoms with Gasteiger partial charge in [0.15, 0.2) is 0 Å². The van der Waals surface area contributed by atoms with E-state index in [4.69, 9.17) is 12.2 Å². The summed E-state index contributed by atoms with van der Waals surface area (Å²) >= 11 is 5.30. The number of hydrogen-bond acceptors (Lipinski definition) is 2. The van der Waals surface area contributed by atoms with Crippen LogP contribution in [0.2, 0.25) is 0 Å². The normalized spacial score (nSPS) is 10.8. The fraction of sp³-hybridized carbons (Fsp3) is 0.929. The summed E-state index contributed by atoms with van der Waals surface area (Å²) in [5.41, 5.74) is 0. The number of unbranched alkanes of at least 4 members (excludes halogenated alkanes) is 6. The van der Waals surface area contributed by atoms with Crippen LogP contribution in [0.3, 0.4) is 0 Å². The van der Waals surface area contributed by atoms with Gasteiger partial charge in [0.1, 0.15) is 0 Å². The van der Waals surface area contributed by atoms with Gasteiger partial charge in [-0.05, 0) is 26.9 Å². The average Bonchev–Trinajstić information content (AvgIpc) is 2.27. The lowest BCUT2D eigenvalue weighted by Gasteiger charge is -2.11. The van der Waals surface area contributed by atoms with Crippen LogP contribution in [-0.4, -0.2) is 37.1 Å². The Morgan fingerprint density at radius 2 is 1.59 bits per heavy atom. The van der Waals surface area contributed by atoms with Gasteiger partial charge in [-0.3, -0.25) is 0 Å². The summed E-state index contributed by atoms with van der Waals surface area (Å²) in [5, 5.41) is 3.31. The highest BCUT2D eigenvalue weighted by Gasteiger charge is 1.97. The molecule has 3 heteroatoms. The molecule has 0 atom stereocenters. The molecule has 0 heterocycles. The summed E-state index contributed by atoms with van der Waals surface area (Å²) in [6.45, 7) is 4.29. The first-order chi connectivity index (χ1) is 8.16. The summed E-state index contributed by atoms with van der Waals surface area (Å²) in [6, 6.07) is 0. The molecule has 102 valence electrons. The molecule has 0 aliphatic rings. The van der Waals surface area contributed by atoms with E-state index < -0.39 is 0 Å². The van der Waals surface area contributed by atoms with Crippen LogP contribution in [0.1, 0.15) is 58.3 Å². The maximum atomic E-state index is 5.30. The number of hydrogen-bond donors (Lipinski definition) is 1. The van der Waals surface area contributed by atoms with Gasteiger partial charge >= 0.3 is 0 Å². The average molecular weight is 258 g/mol. The smallest absolute Gasteiger partial charge is 0.0753 e. The van der Waals surface area contributed by atoms with Crippen molar-refractivity contribution in [2.45, 2.75) is 58.3 Å². The van der Waals surface area contributed by atoms with Crippen LogP contribution >= 0.6 is 12.2 Å². The van der Waals surface area contributed by atoms with Crippen molar-refractivity contribution in [1.82, 2.24) is 10.2 Å². The van der Waals surface area contributed by atoms with E-state index in [0.717, 1.165) is 24.5 Å². The maximum absolute atomic E-state index is 5.30. The summed E-state index contributed by atoms with van der Waals surface area (Å²) in [7, 11) is 4.17. The Morgan fingerprint density at radius 1 is 1.00 bits per heavy atom. The summed E-state index contributed by atoms with van der Waals surface area (Å²) in [6.07, 6.45) is 10.6. The molecule has 0 aliphatic carbocycles. The van der Waals surface area contributed by atoms with Crippen LogP contribution in [-0.2, 0) is 0 Å². The molecule has 17 heavy (non-hydrogen) atoms. The van der Waals surface area contributed by atoms with Gasteiger partial charge in [0.2, 0.25) is 0 Å². The summed E-state index contributed by atoms with van der Waals surface area (Å²) < 4.78 is 0. The van der Waals surface area contributed by atoms with E-state index in [1.807, 2.05) is 0 Å². The van der Waals surface area contributed by atoms with Gasteiger partial charge in [-0.1, -0.05) is 57.7 Å². The quantitative estimate of drug-likeness (QED) is 0.450. The molecule has 0 rings (SSSR count). The largest absolute Gasteiger partial charge is 0.378 e. The van der Waals surface area contributed by atoms with E-state index in [-0.39, 0.29) is 0 Å². The third-order valence-electron chi connectivity index (χ3n) is 2.89. The molecule has 0 aromatic heterocycles. The van der Waals surface area contributed by atoms with Crippen LogP contribution < -0.4 is 5.32 Å². The second kappa shape index (κ2) is 12.3. The zero-order valence-electron chi connectivity index (χ0n) is 11.9. The van der Waals surface area contributed by atoms with Gasteiger partial charge in [-0.15, -0.1) is 0 Å². The topological polar surface area (TPSA) is 15.3 Å². The monoisotopic (exact) mass is 258 g/mol. The van der Waals surface area contributed by atoms with Crippen molar-refractivity contribution in [3.63, 3.8) is 0 Å². The van der Waals surface area contributed by atoms with Gasteiger partial charge in [0.05, 0.1) is 4.99 Å². The van der Waals surface area contributed by atoms with E-state index >= 15 is 0 Å². The molecule has 0 aromatic rings. The van der Waals surface area contributed by atoms with Crippen molar-refractivity contribution in [3.8, 4) is 0 Å². The van der Waals surface area contributed by atoms with Crippen LogP contribution in [0, 0.1) is 0 Å². The first-order valence-electron chi connectivity index (χ1n) is 7.08. The predicted molar refractivity (Wildman–Crippen MR) is 81.8 cm³/mol. The first kappa shape index (κ1) is 16.9. The van der Waals surface area contributed by atoms with Crippen LogP contribution in [0.15, 0.2) is 0 Å².